The van der Waals surface area contributed by atoms with Crippen LogP contribution in [0.25, 0.3) is 0 Å². The monoisotopic (exact) mass is 228 g/mol. The van der Waals surface area contributed by atoms with Crippen LogP contribution in [0.3, 0.4) is 0 Å². The van der Waals surface area contributed by atoms with Gasteiger partial charge in [0.25, 0.3) is 0 Å². The number of hydrogen-bond donors (Lipinski definition) is 3. The van der Waals surface area contributed by atoms with Crippen molar-refractivity contribution in [1.82, 2.24) is 10.2 Å². The Labute approximate surface area is 95.4 Å². The van der Waals surface area contributed by atoms with Crippen molar-refractivity contribution in [2.45, 2.75) is 31.4 Å². The summed E-state index contributed by atoms with van der Waals surface area (Å²) in [4.78, 5) is 13.1. The van der Waals surface area contributed by atoms with Gasteiger partial charge in [0.1, 0.15) is 0 Å². The molecule has 0 bridgehead atoms. The Balaban J connectivity index is 2.02. The number of likely N-dealkylation sites (tertiary alicyclic amines) is 1. The summed E-state index contributed by atoms with van der Waals surface area (Å²) >= 11 is 0. The largest absolute Gasteiger partial charge is 0.481 e. The first-order valence-corrected chi connectivity index (χ1v) is 5.89. The van der Waals surface area contributed by atoms with Gasteiger partial charge in [0.05, 0.1) is 18.1 Å². The van der Waals surface area contributed by atoms with Gasteiger partial charge in [-0.3, -0.25) is 9.69 Å². The Kier molecular flexibility index (Phi) is 3.19. The molecule has 2 heterocycles. The van der Waals surface area contributed by atoms with Gasteiger partial charge < -0.3 is 15.5 Å². The summed E-state index contributed by atoms with van der Waals surface area (Å²) in [7, 11) is 0. The molecule has 0 amide bonds. The zero-order valence-electron chi connectivity index (χ0n) is 9.65. The molecule has 0 aliphatic carbocycles. The fourth-order valence-electron chi connectivity index (χ4n) is 2.72. The second-order valence-corrected chi connectivity index (χ2v) is 5.18. The van der Waals surface area contributed by atoms with Gasteiger partial charge in [0.2, 0.25) is 0 Å². The first-order valence-electron chi connectivity index (χ1n) is 5.89. The molecule has 5 heteroatoms. The lowest BCUT2D eigenvalue weighted by Crippen LogP contribution is -2.71. The van der Waals surface area contributed by atoms with Crippen molar-refractivity contribution < 1.29 is 15.0 Å². The maximum Gasteiger partial charge on any atom is 0.305 e. The summed E-state index contributed by atoms with van der Waals surface area (Å²) in [6, 6.07) is 0. The van der Waals surface area contributed by atoms with Crippen molar-refractivity contribution in [3.05, 3.63) is 0 Å². The molecule has 2 saturated heterocycles. The van der Waals surface area contributed by atoms with Crippen molar-refractivity contribution in [1.29, 1.82) is 0 Å². The van der Waals surface area contributed by atoms with Gasteiger partial charge in [-0.1, -0.05) is 6.92 Å². The maximum atomic E-state index is 10.9. The van der Waals surface area contributed by atoms with Gasteiger partial charge in [0.15, 0.2) is 0 Å². The second-order valence-electron chi connectivity index (χ2n) is 5.18. The predicted octanol–water partition coefficient (Wildman–Crippen LogP) is -0.494. The summed E-state index contributed by atoms with van der Waals surface area (Å²) in [5.74, 6) is -0.500. The van der Waals surface area contributed by atoms with Crippen LogP contribution in [0.4, 0.5) is 0 Å². The van der Waals surface area contributed by atoms with E-state index in [-0.39, 0.29) is 24.0 Å². The highest BCUT2D eigenvalue weighted by molar-refractivity contribution is 5.68. The number of carboxylic acids is 1. The van der Waals surface area contributed by atoms with E-state index in [2.05, 4.69) is 10.2 Å². The molecule has 2 aliphatic rings. The highest BCUT2D eigenvalue weighted by atomic mass is 16.4. The molecule has 2 unspecified atom stereocenters. The van der Waals surface area contributed by atoms with Gasteiger partial charge in [-0.2, -0.15) is 0 Å². The highest BCUT2D eigenvalue weighted by Gasteiger charge is 2.46. The lowest BCUT2D eigenvalue weighted by Gasteiger charge is -2.53. The molecule has 2 rings (SSSR count). The summed E-state index contributed by atoms with van der Waals surface area (Å²) in [5, 5.41) is 21.8. The Morgan fingerprint density at radius 3 is 2.69 bits per heavy atom. The van der Waals surface area contributed by atoms with Gasteiger partial charge in [-0.15, -0.1) is 0 Å². The smallest absolute Gasteiger partial charge is 0.305 e. The SMILES string of the molecule is CC1CN(C2(CC(=O)O)CNC2)CCC1O. The molecular weight excluding hydrogens is 208 g/mol. The lowest BCUT2D eigenvalue weighted by atomic mass is 9.83. The van der Waals surface area contributed by atoms with Crippen molar-refractivity contribution in [3.63, 3.8) is 0 Å². The molecule has 16 heavy (non-hydrogen) atoms. The predicted molar refractivity (Wildman–Crippen MR) is 59.2 cm³/mol. The highest BCUT2D eigenvalue weighted by Crippen LogP contribution is 2.30. The maximum absolute atomic E-state index is 10.9. The Morgan fingerprint density at radius 1 is 1.56 bits per heavy atom. The molecule has 5 nitrogen and oxygen atoms in total. The fourth-order valence-corrected chi connectivity index (χ4v) is 2.72. The molecule has 0 aromatic heterocycles. The average Bonchev–Trinajstić information content (AvgIpc) is 2.16. The molecule has 0 aromatic rings. The molecule has 2 aliphatic heterocycles. The summed E-state index contributed by atoms with van der Waals surface area (Å²) in [5.41, 5.74) is -0.208. The van der Waals surface area contributed by atoms with E-state index in [1.165, 1.54) is 0 Å². The number of carbonyl (C=O) groups is 1. The van der Waals surface area contributed by atoms with Crippen molar-refractivity contribution in [2.24, 2.45) is 5.92 Å². The fraction of sp³-hybridized carbons (Fsp3) is 0.909. The summed E-state index contributed by atoms with van der Waals surface area (Å²) in [6.45, 7) is 5.14. The normalized spacial score (nSPS) is 34.4. The number of aliphatic hydroxyl groups excluding tert-OH is 1. The van der Waals surface area contributed by atoms with Crippen LogP contribution in [0.5, 0.6) is 0 Å². The topological polar surface area (TPSA) is 72.8 Å². The van der Waals surface area contributed by atoms with E-state index in [0.717, 1.165) is 32.6 Å². The zero-order chi connectivity index (χ0) is 11.8. The molecule has 2 atom stereocenters. The second kappa shape index (κ2) is 4.31. The number of piperidine rings is 1. The first kappa shape index (κ1) is 11.8. The minimum atomic E-state index is -0.736. The van der Waals surface area contributed by atoms with Gasteiger partial charge in [-0.05, 0) is 12.3 Å². The number of nitrogens with one attached hydrogen (secondary N) is 1. The first-order chi connectivity index (χ1) is 7.53. The molecule has 0 aromatic carbocycles. The third-order valence-corrected chi connectivity index (χ3v) is 3.92. The van der Waals surface area contributed by atoms with Gasteiger partial charge in [0, 0.05) is 26.2 Å². The number of hydrogen-bond acceptors (Lipinski definition) is 4. The Bertz CT molecular complexity index is 278. The van der Waals surface area contributed by atoms with Crippen molar-refractivity contribution in [3.8, 4) is 0 Å². The van der Waals surface area contributed by atoms with Crippen molar-refractivity contribution >= 4 is 5.97 Å². The molecule has 92 valence electrons. The van der Waals surface area contributed by atoms with E-state index < -0.39 is 5.97 Å². The van der Waals surface area contributed by atoms with Gasteiger partial charge >= 0.3 is 5.97 Å². The van der Waals surface area contributed by atoms with E-state index in [1.807, 2.05) is 6.92 Å². The summed E-state index contributed by atoms with van der Waals surface area (Å²) < 4.78 is 0. The van der Waals surface area contributed by atoms with E-state index in [1.54, 1.807) is 0 Å². The average molecular weight is 228 g/mol. The van der Waals surface area contributed by atoms with Crippen molar-refractivity contribution in [2.75, 3.05) is 26.2 Å². The molecule has 0 radical (unpaired) electrons. The number of carboxylic acid groups (broad SMARTS) is 1. The standard InChI is InChI=1S/C11H20N2O3/c1-8-5-13(3-2-9(8)14)11(4-10(15)16)6-12-7-11/h8-9,12,14H,2-7H2,1H3,(H,15,16). The number of nitrogens with zero attached hydrogens (tertiary/aromatic N) is 1. The van der Waals surface area contributed by atoms with Crippen LogP contribution in [0.15, 0.2) is 0 Å². The van der Waals surface area contributed by atoms with E-state index in [9.17, 15) is 9.90 Å². The third-order valence-electron chi connectivity index (χ3n) is 3.92. The van der Waals surface area contributed by atoms with E-state index >= 15 is 0 Å². The van der Waals surface area contributed by atoms with Crippen LogP contribution in [0, 0.1) is 5.92 Å². The number of aliphatic hydroxyl groups is 1. The molecular formula is C11H20N2O3. The Hall–Kier alpha value is -0.650. The minimum absolute atomic E-state index is 0.197. The number of aliphatic carboxylic acids is 1. The van der Waals surface area contributed by atoms with Crippen LogP contribution in [-0.2, 0) is 4.79 Å². The minimum Gasteiger partial charge on any atom is -0.481 e. The third kappa shape index (κ3) is 2.07. The molecule has 0 spiro atoms. The number of rotatable bonds is 3. The van der Waals surface area contributed by atoms with E-state index in [0.29, 0.717) is 0 Å². The quantitative estimate of drug-likeness (QED) is 0.607. The Morgan fingerprint density at radius 2 is 2.25 bits per heavy atom. The molecule has 2 fully saturated rings. The van der Waals surface area contributed by atoms with Crippen LogP contribution in [0.1, 0.15) is 19.8 Å². The summed E-state index contributed by atoms with van der Waals surface area (Å²) in [6.07, 6.45) is 0.719. The lowest BCUT2D eigenvalue weighted by molar-refractivity contribution is -0.143. The molecule has 3 N–H and O–H groups in total. The van der Waals surface area contributed by atoms with Crippen LogP contribution < -0.4 is 5.32 Å². The van der Waals surface area contributed by atoms with Gasteiger partial charge in [-0.25, -0.2) is 0 Å². The van der Waals surface area contributed by atoms with Crippen LogP contribution in [-0.4, -0.2) is 58.9 Å². The van der Waals surface area contributed by atoms with E-state index in [4.69, 9.17) is 5.11 Å². The van der Waals surface area contributed by atoms with Crippen LogP contribution >= 0.6 is 0 Å². The van der Waals surface area contributed by atoms with Crippen LogP contribution in [0.2, 0.25) is 0 Å². The zero-order valence-corrected chi connectivity index (χ0v) is 9.65. The molecule has 0 saturated carbocycles.